The molecule has 3 N–H and O–H groups in total. The minimum Gasteiger partial charge on any atom is -0.493 e. The molecule has 0 unspecified atom stereocenters. The van der Waals surface area contributed by atoms with Gasteiger partial charge in [-0.1, -0.05) is 30.3 Å². The fourth-order valence-corrected chi connectivity index (χ4v) is 3.00. The summed E-state index contributed by atoms with van der Waals surface area (Å²) in [4.78, 5) is 16.5. The van der Waals surface area contributed by atoms with Crippen LogP contribution in [-0.2, 0) is 13.1 Å². The number of para-hydroxylation sites is 1. The van der Waals surface area contributed by atoms with Gasteiger partial charge in [0.2, 0.25) is 0 Å². The minimum absolute atomic E-state index is 0. The van der Waals surface area contributed by atoms with Crippen LogP contribution < -0.4 is 20.7 Å². The topological polar surface area (TPSA) is 74.8 Å². The first kappa shape index (κ1) is 25.0. The van der Waals surface area contributed by atoms with E-state index in [1.807, 2.05) is 56.3 Å². The molecular formula is C24H33IN4O2. The van der Waals surface area contributed by atoms with Gasteiger partial charge in [-0.25, -0.2) is 4.99 Å². The van der Waals surface area contributed by atoms with Gasteiger partial charge in [0.15, 0.2) is 5.96 Å². The second kappa shape index (κ2) is 13.2. The number of hydrogen-bond donors (Lipinski definition) is 3. The Balaban J connectivity index is 0.00000341. The molecule has 0 atom stereocenters. The van der Waals surface area contributed by atoms with Gasteiger partial charge in [-0.15, -0.1) is 24.0 Å². The summed E-state index contributed by atoms with van der Waals surface area (Å²) in [6.07, 6.45) is 2.56. The lowest BCUT2D eigenvalue weighted by molar-refractivity contribution is 0.0956. The first-order valence-corrected chi connectivity index (χ1v) is 10.8. The summed E-state index contributed by atoms with van der Waals surface area (Å²) in [5.74, 6) is 2.37. The summed E-state index contributed by atoms with van der Waals surface area (Å²) >= 11 is 0. The Morgan fingerprint density at radius 3 is 2.39 bits per heavy atom. The highest BCUT2D eigenvalue weighted by Crippen LogP contribution is 2.30. The monoisotopic (exact) mass is 536 g/mol. The van der Waals surface area contributed by atoms with Crippen molar-refractivity contribution in [1.29, 1.82) is 0 Å². The van der Waals surface area contributed by atoms with Gasteiger partial charge in [-0.3, -0.25) is 4.79 Å². The average molecular weight is 536 g/mol. The molecule has 1 saturated carbocycles. The van der Waals surface area contributed by atoms with Crippen LogP contribution in [0.2, 0.25) is 0 Å². The molecule has 2 aromatic carbocycles. The first-order valence-electron chi connectivity index (χ1n) is 10.8. The maximum Gasteiger partial charge on any atom is 0.251 e. The number of rotatable bonds is 10. The Morgan fingerprint density at radius 2 is 1.71 bits per heavy atom. The number of hydrogen-bond acceptors (Lipinski definition) is 3. The van der Waals surface area contributed by atoms with E-state index in [4.69, 9.17) is 4.74 Å². The van der Waals surface area contributed by atoms with Gasteiger partial charge in [0.1, 0.15) is 5.75 Å². The number of halogens is 1. The van der Waals surface area contributed by atoms with Gasteiger partial charge in [-0.05, 0) is 56.4 Å². The Bertz CT molecular complexity index is 851. The van der Waals surface area contributed by atoms with Gasteiger partial charge in [0.25, 0.3) is 5.91 Å². The molecule has 1 amide bonds. The molecular weight excluding hydrogens is 503 g/mol. The quantitative estimate of drug-likeness (QED) is 0.243. The highest BCUT2D eigenvalue weighted by atomic mass is 127. The molecule has 0 bridgehead atoms. The van der Waals surface area contributed by atoms with E-state index in [0.29, 0.717) is 25.2 Å². The summed E-state index contributed by atoms with van der Waals surface area (Å²) in [5, 5.41) is 9.48. The Labute approximate surface area is 202 Å². The molecule has 31 heavy (non-hydrogen) atoms. The van der Waals surface area contributed by atoms with Crippen molar-refractivity contribution >= 4 is 35.8 Å². The van der Waals surface area contributed by atoms with Crippen molar-refractivity contribution < 1.29 is 9.53 Å². The Kier molecular flexibility index (Phi) is 10.6. The van der Waals surface area contributed by atoms with E-state index in [0.717, 1.165) is 41.9 Å². The van der Waals surface area contributed by atoms with Gasteiger partial charge in [0.05, 0.1) is 13.2 Å². The van der Waals surface area contributed by atoms with Crippen molar-refractivity contribution in [3.63, 3.8) is 0 Å². The molecule has 1 fully saturated rings. The summed E-state index contributed by atoms with van der Waals surface area (Å²) in [6.45, 7) is 7.34. The van der Waals surface area contributed by atoms with E-state index >= 15 is 0 Å². The second-order valence-electron chi connectivity index (χ2n) is 7.47. The van der Waals surface area contributed by atoms with Crippen molar-refractivity contribution in [1.82, 2.24) is 16.0 Å². The van der Waals surface area contributed by atoms with Crippen LogP contribution >= 0.6 is 24.0 Å². The third-order valence-corrected chi connectivity index (χ3v) is 4.91. The molecule has 0 spiro atoms. The lowest BCUT2D eigenvalue weighted by Gasteiger charge is -2.14. The molecule has 6 nitrogen and oxygen atoms in total. The molecule has 2 aromatic rings. The number of nitrogens with zero attached hydrogens (tertiary/aromatic N) is 1. The van der Waals surface area contributed by atoms with Crippen molar-refractivity contribution in [3.05, 3.63) is 65.2 Å². The number of amides is 1. The second-order valence-corrected chi connectivity index (χ2v) is 7.47. The molecule has 0 heterocycles. The van der Waals surface area contributed by atoms with Crippen molar-refractivity contribution in [2.24, 2.45) is 10.9 Å². The number of benzene rings is 2. The lowest BCUT2D eigenvalue weighted by atomic mass is 10.1. The number of nitrogens with one attached hydrogen (secondary N) is 3. The van der Waals surface area contributed by atoms with Crippen LogP contribution in [0.25, 0.3) is 0 Å². The first-order chi connectivity index (χ1) is 14.7. The standard InChI is InChI=1S/C24H32N4O2.HI/c1-3-25-23(29)20-13-11-18(12-14-20)15-27-24(26-4-2)28-16-21-7-5-6-8-22(21)30-17-19-9-10-19;/h5-8,11-14,19H,3-4,9-10,15-17H2,1-2H3,(H,25,29)(H2,26,27,28);1H. The average Bonchev–Trinajstić information content (AvgIpc) is 3.60. The molecule has 7 heteroatoms. The normalized spacial score (nSPS) is 13.2. The predicted octanol–water partition coefficient (Wildman–Crippen LogP) is 4.10. The van der Waals surface area contributed by atoms with E-state index in [1.165, 1.54) is 12.8 Å². The zero-order valence-corrected chi connectivity index (χ0v) is 20.6. The molecule has 0 aliphatic heterocycles. The predicted molar refractivity (Wildman–Crippen MR) is 136 cm³/mol. The number of guanidine groups is 1. The number of carbonyl (C=O) groups excluding carboxylic acids is 1. The fraction of sp³-hybridized carbons (Fsp3) is 0.417. The van der Waals surface area contributed by atoms with E-state index < -0.39 is 0 Å². The Hall–Kier alpha value is -2.29. The van der Waals surface area contributed by atoms with Gasteiger partial charge in [0, 0.05) is 30.8 Å². The van der Waals surface area contributed by atoms with Crippen LogP contribution in [0, 0.1) is 5.92 Å². The Morgan fingerprint density at radius 1 is 1.00 bits per heavy atom. The molecule has 3 rings (SSSR count). The molecule has 1 aliphatic rings. The molecule has 0 radical (unpaired) electrons. The SMILES string of the molecule is CCNC(=O)c1ccc(CN=C(NCC)NCc2ccccc2OCC2CC2)cc1.I. The van der Waals surface area contributed by atoms with Crippen LogP contribution in [0.15, 0.2) is 53.5 Å². The van der Waals surface area contributed by atoms with Crippen molar-refractivity contribution in [3.8, 4) is 5.75 Å². The third kappa shape index (κ3) is 8.40. The summed E-state index contributed by atoms with van der Waals surface area (Å²) in [5.41, 5.74) is 2.83. The van der Waals surface area contributed by atoms with E-state index in [-0.39, 0.29) is 29.9 Å². The van der Waals surface area contributed by atoms with Gasteiger partial charge in [-0.2, -0.15) is 0 Å². The van der Waals surface area contributed by atoms with Crippen LogP contribution in [-0.4, -0.2) is 31.6 Å². The molecule has 0 aromatic heterocycles. The maximum atomic E-state index is 11.9. The van der Waals surface area contributed by atoms with Crippen molar-refractivity contribution in [2.75, 3.05) is 19.7 Å². The largest absolute Gasteiger partial charge is 0.493 e. The summed E-state index contributed by atoms with van der Waals surface area (Å²) in [7, 11) is 0. The highest BCUT2D eigenvalue weighted by Gasteiger charge is 2.22. The van der Waals surface area contributed by atoms with Crippen LogP contribution in [0.5, 0.6) is 5.75 Å². The van der Waals surface area contributed by atoms with E-state index in [1.54, 1.807) is 0 Å². The van der Waals surface area contributed by atoms with Gasteiger partial charge < -0.3 is 20.7 Å². The summed E-state index contributed by atoms with van der Waals surface area (Å²) < 4.78 is 6.00. The maximum absolute atomic E-state index is 11.9. The van der Waals surface area contributed by atoms with Crippen molar-refractivity contribution in [2.45, 2.75) is 39.8 Å². The van der Waals surface area contributed by atoms with Crippen LogP contribution in [0.3, 0.4) is 0 Å². The number of carbonyl (C=O) groups is 1. The fourth-order valence-electron chi connectivity index (χ4n) is 3.00. The zero-order valence-electron chi connectivity index (χ0n) is 18.3. The lowest BCUT2D eigenvalue weighted by Crippen LogP contribution is -2.36. The summed E-state index contributed by atoms with van der Waals surface area (Å²) in [6, 6.07) is 15.7. The van der Waals surface area contributed by atoms with Crippen LogP contribution in [0.4, 0.5) is 0 Å². The molecule has 1 aliphatic carbocycles. The smallest absolute Gasteiger partial charge is 0.251 e. The zero-order chi connectivity index (χ0) is 21.2. The molecule has 168 valence electrons. The van der Waals surface area contributed by atoms with E-state index in [2.05, 4.69) is 27.0 Å². The highest BCUT2D eigenvalue weighted by molar-refractivity contribution is 14.0. The third-order valence-electron chi connectivity index (χ3n) is 4.91. The van der Waals surface area contributed by atoms with Crippen LogP contribution in [0.1, 0.15) is 48.2 Å². The van der Waals surface area contributed by atoms with Gasteiger partial charge >= 0.3 is 0 Å². The minimum atomic E-state index is -0.0508. The number of aliphatic imine (C=N–C) groups is 1. The number of ether oxygens (including phenoxy) is 1. The molecule has 0 saturated heterocycles. The van der Waals surface area contributed by atoms with E-state index in [9.17, 15) is 4.79 Å².